The smallest absolute Gasteiger partial charge is 0.224 e. The van der Waals surface area contributed by atoms with E-state index in [1.807, 2.05) is 0 Å². The normalized spacial score (nSPS) is 34.5. The first-order chi connectivity index (χ1) is 8.84. The molecule has 3 aliphatic rings. The molecule has 2 heterocycles. The number of hydrogen-bond donors (Lipinski definition) is 1. The fraction of sp³-hybridized carbons (Fsp3) is 0.933. The molecule has 1 N–H and O–H groups in total. The van der Waals surface area contributed by atoms with Gasteiger partial charge < -0.3 is 10.2 Å². The SMILES string of the molecule is Cl.O=C(CC1CCCN1)N1CCCC2CCCCC21. The Hall–Kier alpha value is -0.280. The summed E-state index contributed by atoms with van der Waals surface area (Å²) in [5.74, 6) is 1.24. The van der Waals surface area contributed by atoms with Gasteiger partial charge in [-0.05, 0) is 51.0 Å². The van der Waals surface area contributed by atoms with Crippen molar-refractivity contribution < 1.29 is 4.79 Å². The Morgan fingerprint density at radius 2 is 1.84 bits per heavy atom. The molecule has 0 aromatic rings. The summed E-state index contributed by atoms with van der Waals surface area (Å²) >= 11 is 0. The lowest BCUT2D eigenvalue weighted by Gasteiger charge is -2.44. The van der Waals surface area contributed by atoms with E-state index in [1.165, 1.54) is 51.4 Å². The molecule has 3 rings (SSSR count). The lowest BCUT2D eigenvalue weighted by atomic mass is 9.78. The van der Waals surface area contributed by atoms with E-state index in [0.29, 0.717) is 18.0 Å². The monoisotopic (exact) mass is 286 g/mol. The van der Waals surface area contributed by atoms with Crippen LogP contribution in [-0.2, 0) is 4.79 Å². The van der Waals surface area contributed by atoms with Gasteiger partial charge in [-0.15, -0.1) is 12.4 Å². The van der Waals surface area contributed by atoms with Gasteiger partial charge in [0.15, 0.2) is 0 Å². The van der Waals surface area contributed by atoms with Crippen molar-refractivity contribution in [1.82, 2.24) is 10.2 Å². The Bertz CT molecular complexity index is 303. The van der Waals surface area contributed by atoms with Crippen LogP contribution in [0.25, 0.3) is 0 Å². The number of nitrogens with one attached hydrogen (secondary N) is 1. The number of halogens is 1. The minimum absolute atomic E-state index is 0. The summed E-state index contributed by atoms with van der Waals surface area (Å²) in [7, 11) is 0. The molecule has 0 radical (unpaired) electrons. The molecule has 4 heteroatoms. The number of carbonyl (C=O) groups excluding carboxylic acids is 1. The zero-order valence-electron chi connectivity index (χ0n) is 11.8. The topological polar surface area (TPSA) is 32.3 Å². The van der Waals surface area contributed by atoms with Gasteiger partial charge in [0.2, 0.25) is 5.91 Å². The number of nitrogens with zero attached hydrogens (tertiary/aromatic N) is 1. The molecule has 0 aromatic heterocycles. The molecule has 0 bridgehead atoms. The Kier molecular flexibility index (Phi) is 5.52. The number of rotatable bonds is 2. The molecule has 3 fully saturated rings. The molecule has 19 heavy (non-hydrogen) atoms. The van der Waals surface area contributed by atoms with Gasteiger partial charge in [-0.2, -0.15) is 0 Å². The summed E-state index contributed by atoms with van der Waals surface area (Å²) in [5, 5.41) is 3.45. The summed E-state index contributed by atoms with van der Waals surface area (Å²) in [5.41, 5.74) is 0. The quantitative estimate of drug-likeness (QED) is 0.847. The molecule has 3 unspecified atom stereocenters. The number of fused-ring (bicyclic) bond motifs is 1. The van der Waals surface area contributed by atoms with Crippen LogP contribution in [-0.4, -0.2) is 36.0 Å². The summed E-state index contributed by atoms with van der Waals surface area (Å²) in [6.07, 6.45) is 11.1. The number of likely N-dealkylation sites (tertiary alicyclic amines) is 1. The standard InChI is InChI=1S/C15H26N2O.ClH/c18-15(11-13-7-3-9-16-13)17-10-4-6-12-5-1-2-8-14(12)17;/h12-14,16H,1-11H2;1H. The van der Waals surface area contributed by atoms with Gasteiger partial charge >= 0.3 is 0 Å². The maximum Gasteiger partial charge on any atom is 0.224 e. The fourth-order valence-electron chi connectivity index (χ4n) is 4.19. The lowest BCUT2D eigenvalue weighted by Crippen LogP contribution is -2.50. The maximum absolute atomic E-state index is 12.5. The van der Waals surface area contributed by atoms with Crippen LogP contribution in [0, 0.1) is 5.92 Å². The molecular weight excluding hydrogens is 260 g/mol. The minimum Gasteiger partial charge on any atom is -0.339 e. The van der Waals surface area contributed by atoms with E-state index in [2.05, 4.69) is 10.2 Å². The molecule has 1 aliphatic carbocycles. The zero-order valence-corrected chi connectivity index (χ0v) is 12.6. The van der Waals surface area contributed by atoms with E-state index in [-0.39, 0.29) is 12.4 Å². The predicted molar refractivity (Wildman–Crippen MR) is 79.6 cm³/mol. The van der Waals surface area contributed by atoms with E-state index < -0.39 is 0 Å². The van der Waals surface area contributed by atoms with Gasteiger partial charge in [-0.1, -0.05) is 12.8 Å². The van der Waals surface area contributed by atoms with Crippen molar-refractivity contribution >= 4 is 18.3 Å². The van der Waals surface area contributed by atoms with Crippen molar-refractivity contribution in [3.63, 3.8) is 0 Å². The second kappa shape index (κ2) is 6.94. The highest BCUT2D eigenvalue weighted by atomic mass is 35.5. The summed E-state index contributed by atoms with van der Waals surface area (Å²) < 4.78 is 0. The van der Waals surface area contributed by atoms with Gasteiger partial charge in [0.1, 0.15) is 0 Å². The van der Waals surface area contributed by atoms with Crippen LogP contribution in [0.4, 0.5) is 0 Å². The highest BCUT2D eigenvalue weighted by Gasteiger charge is 2.36. The second-order valence-corrected chi connectivity index (χ2v) is 6.34. The highest BCUT2D eigenvalue weighted by Crippen LogP contribution is 2.35. The van der Waals surface area contributed by atoms with Crippen molar-refractivity contribution in [2.24, 2.45) is 5.92 Å². The maximum atomic E-state index is 12.5. The number of carbonyl (C=O) groups is 1. The summed E-state index contributed by atoms with van der Waals surface area (Å²) in [4.78, 5) is 14.7. The Balaban J connectivity index is 0.00000133. The molecule has 3 atom stereocenters. The third-order valence-corrected chi connectivity index (χ3v) is 5.15. The lowest BCUT2D eigenvalue weighted by molar-refractivity contribution is -0.138. The van der Waals surface area contributed by atoms with E-state index >= 15 is 0 Å². The van der Waals surface area contributed by atoms with Crippen LogP contribution in [0.3, 0.4) is 0 Å². The first-order valence-corrected chi connectivity index (χ1v) is 7.87. The molecule has 110 valence electrons. The van der Waals surface area contributed by atoms with Crippen molar-refractivity contribution in [2.45, 2.75) is 69.9 Å². The highest BCUT2D eigenvalue weighted by molar-refractivity contribution is 5.85. The van der Waals surface area contributed by atoms with E-state index in [9.17, 15) is 4.79 Å². The Morgan fingerprint density at radius 3 is 2.63 bits per heavy atom. The largest absolute Gasteiger partial charge is 0.339 e. The van der Waals surface area contributed by atoms with Gasteiger partial charge in [0.25, 0.3) is 0 Å². The third-order valence-electron chi connectivity index (χ3n) is 5.15. The van der Waals surface area contributed by atoms with Crippen LogP contribution < -0.4 is 5.32 Å². The average Bonchev–Trinajstić information content (AvgIpc) is 2.91. The van der Waals surface area contributed by atoms with Crippen LogP contribution in [0.5, 0.6) is 0 Å². The molecule has 1 amide bonds. The number of amides is 1. The minimum atomic E-state index is 0. The molecular formula is C15H27ClN2O. The van der Waals surface area contributed by atoms with Gasteiger partial charge in [0.05, 0.1) is 0 Å². The third kappa shape index (κ3) is 3.43. The summed E-state index contributed by atoms with van der Waals surface area (Å²) in [6, 6.07) is 1.04. The van der Waals surface area contributed by atoms with E-state index in [1.54, 1.807) is 0 Å². The van der Waals surface area contributed by atoms with Crippen molar-refractivity contribution in [3.05, 3.63) is 0 Å². The van der Waals surface area contributed by atoms with E-state index in [0.717, 1.165) is 25.4 Å². The summed E-state index contributed by atoms with van der Waals surface area (Å²) in [6.45, 7) is 2.12. The zero-order chi connectivity index (χ0) is 12.4. The first-order valence-electron chi connectivity index (χ1n) is 7.87. The van der Waals surface area contributed by atoms with Gasteiger partial charge in [0, 0.05) is 25.0 Å². The van der Waals surface area contributed by atoms with Gasteiger partial charge in [-0.3, -0.25) is 4.79 Å². The molecule has 1 saturated carbocycles. The van der Waals surface area contributed by atoms with E-state index in [4.69, 9.17) is 0 Å². The Labute approximate surface area is 122 Å². The molecule has 2 saturated heterocycles. The molecule has 3 nitrogen and oxygen atoms in total. The first kappa shape index (κ1) is 15.1. The van der Waals surface area contributed by atoms with Crippen LogP contribution in [0.2, 0.25) is 0 Å². The number of hydrogen-bond acceptors (Lipinski definition) is 2. The molecule has 0 aromatic carbocycles. The molecule has 2 aliphatic heterocycles. The predicted octanol–water partition coefficient (Wildman–Crippen LogP) is 2.73. The average molecular weight is 287 g/mol. The van der Waals surface area contributed by atoms with Crippen LogP contribution in [0.1, 0.15) is 57.8 Å². The van der Waals surface area contributed by atoms with Crippen molar-refractivity contribution in [3.8, 4) is 0 Å². The fourth-order valence-corrected chi connectivity index (χ4v) is 4.19. The van der Waals surface area contributed by atoms with Crippen LogP contribution >= 0.6 is 12.4 Å². The second-order valence-electron chi connectivity index (χ2n) is 6.34. The van der Waals surface area contributed by atoms with Crippen molar-refractivity contribution in [2.75, 3.05) is 13.1 Å². The van der Waals surface area contributed by atoms with Crippen LogP contribution in [0.15, 0.2) is 0 Å². The van der Waals surface area contributed by atoms with Gasteiger partial charge in [-0.25, -0.2) is 0 Å². The van der Waals surface area contributed by atoms with Crippen molar-refractivity contribution in [1.29, 1.82) is 0 Å². The Morgan fingerprint density at radius 1 is 1.05 bits per heavy atom. The molecule has 0 spiro atoms. The number of piperidine rings is 1.